The number of hydrogen-bond acceptors (Lipinski definition) is 0. The van der Waals surface area contributed by atoms with Crippen LogP contribution in [0.1, 0.15) is 141 Å². The number of unbranched alkanes of at least 4 members (excludes halogenated alkanes) is 17. The third-order valence-corrected chi connectivity index (χ3v) is 6.26. The van der Waals surface area contributed by atoms with E-state index in [4.69, 9.17) is 0 Å². The summed E-state index contributed by atoms with van der Waals surface area (Å²) in [5, 5.41) is 0. The Morgan fingerprint density at radius 3 is 1.48 bits per heavy atom. The van der Waals surface area contributed by atoms with Crippen molar-refractivity contribution in [2.24, 2.45) is 0 Å². The molecule has 168 valence electrons. The molecule has 1 aromatic rings. The van der Waals surface area contributed by atoms with Gasteiger partial charge < -0.3 is 0 Å². The number of aromatic nitrogens is 1. The number of aryl methyl sites for hydroxylation is 2. The van der Waals surface area contributed by atoms with E-state index in [0.717, 1.165) is 0 Å². The molecular weight excluding hydrogens is 350 g/mol. The van der Waals surface area contributed by atoms with Crippen molar-refractivity contribution in [2.45, 2.75) is 149 Å². The molecule has 1 aromatic heterocycles. The first-order valence-electron chi connectivity index (χ1n) is 13.3. The minimum absolute atomic E-state index is 1.17. The number of nitrogens with zero attached hydrogens (tertiary/aromatic N) is 1. The van der Waals surface area contributed by atoms with Gasteiger partial charge in [0.2, 0.25) is 0 Å². The van der Waals surface area contributed by atoms with Crippen LogP contribution in [0.15, 0.2) is 24.5 Å². The molecule has 0 radical (unpaired) electrons. The van der Waals surface area contributed by atoms with E-state index in [1.807, 2.05) is 0 Å². The smallest absolute Gasteiger partial charge is 0.171 e. The summed E-state index contributed by atoms with van der Waals surface area (Å²) < 4.78 is 2.37. The van der Waals surface area contributed by atoms with Crippen LogP contribution in [0.4, 0.5) is 0 Å². The number of rotatable bonds is 21. The van der Waals surface area contributed by atoms with E-state index in [-0.39, 0.29) is 0 Å². The Bertz CT molecular complexity index is 453. The lowest BCUT2D eigenvalue weighted by molar-refractivity contribution is -0.697. The van der Waals surface area contributed by atoms with E-state index in [2.05, 4.69) is 42.9 Å². The van der Waals surface area contributed by atoms with Crippen LogP contribution in [-0.2, 0) is 13.0 Å². The molecule has 0 atom stereocenters. The summed E-state index contributed by atoms with van der Waals surface area (Å²) in [6.45, 7) is 5.74. The van der Waals surface area contributed by atoms with Crippen LogP contribution in [0.5, 0.6) is 0 Å². The Morgan fingerprint density at radius 2 is 1.00 bits per heavy atom. The first-order valence-corrected chi connectivity index (χ1v) is 13.3. The minimum Gasteiger partial charge on any atom is -0.205 e. The van der Waals surface area contributed by atoms with Gasteiger partial charge in [0, 0.05) is 18.1 Å². The summed E-state index contributed by atoms with van der Waals surface area (Å²) in [4.78, 5) is 0. The van der Waals surface area contributed by atoms with Crippen molar-refractivity contribution < 1.29 is 4.57 Å². The van der Waals surface area contributed by atoms with Gasteiger partial charge >= 0.3 is 0 Å². The van der Waals surface area contributed by atoms with Gasteiger partial charge in [-0.1, -0.05) is 123 Å². The van der Waals surface area contributed by atoms with Crippen LogP contribution in [0, 0.1) is 0 Å². The normalized spacial score (nSPS) is 11.2. The molecule has 0 bridgehead atoms. The van der Waals surface area contributed by atoms with Gasteiger partial charge in [-0.25, -0.2) is 4.57 Å². The Kier molecular flexibility index (Phi) is 18.4. The highest BCUT2D eigenvalue weighted by Gasteiger charge is 2.02. The van der Waals surface area contributed by atoms with Gasteiger partial charge in [-0.3, -0.25) is 0 Å². The zero-order chi connectivity index (χ0) is 20.8. The van der Waals surface area contributed by atoms with E-state index in [1.165, 1.54) is 141 Å². The molecule has 1 rings (SSSR count). The summed E-state index contributed by atoms with van der Waals surface area (Å²) >= 11 is 0. The zero-order valence-electron chi connectivity index (χ0n) is 20.1. The Labute approximate surface area is 183 Å². The molecule has 1 heterocycles. The van der Waals surface area contributed by atoms with Crippen molar-refractivity contribution in [3.63, 3.8) is 0 Å². The summed E-state index contributed by atoms with van der Waals surface area (Å²) in [6.07, 6.45) is 33.0. The molecule has 29 heavy (non-hydrogen) atoms. The first-order chi connectivity index (χ1) is 14.4. The summed E-state index contributed by atoms with van der Waals surface area (Å²) in [6, 6.07) is 4.52. The molecule has 1 nitrogen and oxygen atoms in total. The Balaban J connectivity index is 1.81. The Hall–Kier alpha value is -0.850. The Morgan fingerprint density at radius 1 is 0.552 bits per heavy atom. The van der Waals surface area contributed by atoms with Gasteiger partial charge in [0.15, 0.2) is 12.4 Å². The second kappa shape index (κ2) is 20.4. The van der Waals surface area contributed by atoms with Crippen LogP contribution in [0.25, 0.3) is 0 Å². The second-order valence-corrected chi connectivity index (χ2v) is 9.21. The van der Waals surface area contributed by atoms with E-state index in [0.29, 0.717) is 0 Å². The predicted molar refractivity (Wildman–Crippen MR) is 129 cm³/mol. The fourth-order valence-corrected chi connectivity index (χ4v) is 4.26. The van der Waals surface area contributed by atoms with E-state index >= 15 is 0 Å². The van der Waals surface area contributed by atoms with Crippen molar-refractivity contribution in [1.82, 2.24) is 0 Å². The van der Waals surface area contributed by atoms with Crippen molar-refractivity contribution in [1.29, 1.82) is 0 Å². The van der Waals surface area contributed by atoms with Gasteiger partial charge in [-0.2, -0.15) is 0 Å². The third-order valence-electron chi connectivity index (χ3n) is 6.26. The molecule has 0 amide bonds. The van der Waals surface area contributed by atoms with E-state index in [1.54, 1.807) is 0 Å². The van der Waals surface area contributed by atoms with E-state index in [9.17, 15) is 0 Å². The molecule has 0 aliphatic heterocycles. The van der Waals surface area contributed by atoms with Crippen LogP contribution < -0.4 is 4.57 Å². The fourth-order valence-electron chi connectivity index (χ4n) is 4.26. The fraction of sp³-hybridized carbons (Fsp3) is 0.821. The van der Waals surface area contributed by atoms with Crippen molar-refractivity contribution in [2.75, 3.05) is 0 Å². The van der Waals surface area contributed by atoms with Gasteiger partial charge in [0.1, 0.15) is 6.54 Å². The standard InChI is InChI=1S/C28H52N/c1-3-5-7-8-9-10-11-12-13-14-15-16-17-18-19-20-21-23-28-24-22-26-29(27-28)25-6-4-2/h22,24,26-27H,3-21,23,25H2,1-2H3/q+1. The number of pyridine rings is 1. The van der Waals surface area contributed by atoms with Crippen molar-refractivity contribution in [3.8, 4) is 0 Å². The van der Waals surface area contributed by atoms with Crippen molar-refractivity contribution in [3.05, 3.63) is 30.1 Å². The maximum Gasteiger partial charge on any atom is 0.171 e. The molecule has 1 heteroatoms. The highest BCUT2D eigenvalue weighted by Crippen LogP contribution is 2.14. The molecule has 0 N–H and O–H groups in total. The number of hydrogen-bond donors (Lipinski definition) is 0. The van der Waals surface area contributed by atoms with Crippen LogP contribution >= 0.6 is 0 Å². The highest BCUT2D eigenvalue weighted by molar-refractivity contribution is 5.05. The lowest BCUT2D eigenvalue weighted by atomic mass is 10.0. The van der Waals surface area contributed by atoms with Gasteiger partial charge in [-0.05, 0) is 18.9 Å². The summed E-state index contributed by atoms with van der Waals surface area (Å²) in [5.74, 6) is 0. The molecular formula is C28H52N+. The average Bonchev–Trinajstić information content (AvgIpc) is 2.74. The van der Waals surface area contributed by atoms with Gasteiger partial charge in [0.05, 0.1) is 0 Å². The summed E-state index contributed by atoms with van der Waals surface area (Å²) in [7, 11) is 0. The third kappa shape index (κ3) is 16.6. The monoisotopic (exact) mass is 402 g/mol. The molecule has 0 aromatic carbocycles. The maximum absolute atomic E-state index is 2.37. The molecule has 0 aliphatic carbocycles. The van der Waals surface area contributed by atoms with E-state index < -0.39 is 0 Å². The minimum atomic E-state index is 1.17. The van der Waals surface area contributed by atoms with Crippen molar-refractivity contribution >= 4 is 0 Å². The molecule has 0 saturated heterocycles. The average molecular weight is 403 g/mol. The van der Waals surface area contributed by atoms with Gasteiger partial charge in [0.25, 0.3) is 0 Å². The molecule has 0 fully saturated rings. The van der Waals surface area contributed by atoms with Crippen LogP contribution in [0.3, 0.4) is 0 Å². The second-order valence-electron chi connectivity index (χ2n) is 9.21. The quantitative estimate of drug-likeness (QED) is 0.143. The van der Waals surface area contributed by atoms with Crippen LogP contribution in [-0.4, -0.2) is 0 Å². The molecule has 0 saturated carbocycles. The molecule has 0 aliphatic rings. The SMILES string of the molecule is CCCCCCCCCCCCCCCCCCCc1ccc[n+](CCCC)c1. The molecule has 0 spiro atoms. The molecule has 0 unspecified atom stereocenters. The summed E-state index contributed by atoms with van der Waals surface area (Å²) in [5.41, 5.74) is 1.52. The van der Waals surface area contributed by atoms with Crippen LogP contribution in [0.2, 0.25) is 0 Å². The predicted octanol–water partition coefficient (Wildman–Crippen LogP) is 8.97. The lowest BCUT2D eigenvalue weighted by Crippen LogP contribution is -2.33. The highest BCUT2D eigenvalue weighted by atomic mass is 14.9. The first kappa shape index (κ1) is 26.2. The largest absolute Gasteiger partial charge is 0.205 e. The topological polar surface area (TPSA) is 3.88 Å². The maximum atomic E-state index is 2.37. The lowest BCUT2D eigenvalue weighted by Gasteiger charge is -2.04. The zero-order valence-corrected chi connectivity index (χ0v) is 20.1. The van der Waals surface area contributed by atoms with Gasteiger partial charge in [-0.15, -0.1) is 0 Å².